The summed E-state index contributed by atoms with van der Waals surface area (Å²) in [5, 5.41) is 9.47. The molecule has 2 aromatic rings. The third-order valence-corrected chi connectivity index (χ3v) is 5.16. The molecular formula is C21H24ClF2IO4. The number of alkyl halides is 3. The Balaban J connectivity index is 2.03. The Bertz CT molecular complexity index is 754. The minimum Gasteiger partial charge on any atom is -0.491 e. The van der Waals surface area contributed by atoms with Crippen LogP contribution in [0.25, 0.3) is 0 Å². The molecule has 0 aliphatic rings. The van der Waals surface area contributed by atoms with E-state index in [0.717, 1.165) is 11.1 Å². The second-order valence-corrected chi connectivity index (χ2v) is 8.12. The summed E-state index contributed by atoms with van der Waals surface area (Å²) in [4.78, 5) is 0. The number of benzene rings is 2. The molecule has 2 rings (SSSR count). The van der Waals surface area contributed by atoms with E-state index in [1.165, 1.54) is 23.0 Å². The van der Waals surface area contributed by atoms with Crippen molar-refractivity contribution in [2.45, 2.75) is 31.3 Å². The fraction of sp³-hybridized carbons (Fsp3) is 0.429. The van der Waals surface area contributed by atoms with Gasteiger partial charge in [0, 0.05) is 5.41 Å². The van der Waals surface area contributed by atoms with Gasteiger partial charge in [0.15, 0.2) is 6.61 Å². The molecule has 0 aromatic heterocycles. The quantitative estimate of drug-likeness (QED) is 0.308. The minimum absolute atomic E-state index is 0.120. The highest BCUT2D eigenvalue weighted by atomic mass is 127. The van der Waals surface area contributed by atoms with Gasteiger partial charge < -0.3 is 17.6 Å². The van der Waals surface area contributed by atoms with Crippen LogP contribution in [0.15, 0.2) is 48.5 Å². The van der Waals surface area contributed by atoms with Crippen LogP contribution in [-0.4, -0.2) is 42.8 Å². The van der Waals surface area contributed by atoms with E-state index in [-0.39, 0.29) is 17.9 Å². The molecule has 8 heteroatoms. The van der Waals surface area contributed by atoms with Gasteiger partial charge in [-0.25, -0.2) is 8.78 Å². The monoisotopic (exact) mass is 540 g/mol. The van der Waals surface area contributed by atoms with Gasteiger partial charge in [-0.3, -0.25) is 0 Å². The normalized spacial score (nSPS) is 13.2. The van der Waals surface area contributed by atoms with E-state index in [1.807, 2.05) is 36.4 Å². The Hall–Kier alpha value is -1.16. The predicted octanol–water partition coefficient (Wildman–Crippen LogP) is 5.37. The van der Waals surface area contributed by atoms with Crippen LogP contribution in [0.4, 0.5) is 8.78 Å². The summed E-state index contributed by atoms with van der Waals surface area (Å²) in [6.07, 6.45) is -0.706. The molecule has 0 radical (unpaired) electrons. The van der Waals surface area contributed by atoms with Crippen molar-refractivity contribution in [3.8, 4) is 11.5 Å². The van der Waals surface area contributed by atoms with E-state index < -0.39 is 25.2 Å². The van der Waals surface area contributed by atoms with Crippen LogP contribution in [0.1, 0.15) is 25.0 Å². The first-order chi connectivity index (χ1) is 13.7. The molecule has 0 amide bonds. The molecule has 4 nitrogen and oxygen atoms in total. The molecule has 0 aliphatic carbocycles. The Morgan fingerprint density at radius 3 is 1.86 bits per heavy atom. The van der Waals surface area contributed by atoms with Gasteiger partial charge in [-0.05, 0) is 35.4 Å². The number of ether oxygens (including phenoxy) is 2. The zero-order chi connectivity index (χ0) is 21.5. The lowest BCUT2D eigenvalue weighted by Crippen LogP contribution is -2.30. The van der Waals surface area contributed by atoms with E-state index in [2.05, 4.69) is 16.9 Å². The highest BCUT2D eigenvalue weighted by Crippen LogP contribution is 2.33. The lowest BCUT2D eigenvalue weighted by molar-refractivity contribution is -0.0640. The number of halogens is 4. The summed E-state index contributed by atoms with van der Waals surface area (Å²) < 4.78 is 42.1. The maximum atomic E-state index is 13.5. The highest BCUT2D eigenvalue weighted by Gasteiger charge is 2.30. The summed E-state index contributed by atoms with van der Waals surface area (Å²) in [6.45, 7) is 2.85. The van der Waals surface area contributed by atoms with Gasteiger partial charge in [-0.1, -0.05) is 38.1 Å². The molecule has 29 heavy (non-hydrogen) atoms. The van der Waals surface area contributed by atoms with Gasteiger partial charge in [-0.15, -0.1) is 11.6 Å². The Kier molecular flexibility index (Phi) is 8.93. The van der Waals surface area contributed by atoms with Crippen LogP contribution in [0.5, 0.6) is 11.5 Å². The average Bonchev–Trinajstić information content (AvgIpc) is 2.71. The van der Waals surface area contributed by atoms with Crippen LogP contribution >= 0.6 is 34.6 Å². The average molecular weight is 541 g/mol. The molecule has 1 unspecified atom stereocenters. The molecule has 160 valence electrons. The summed E-state index contributed by atoms with van der Waals surface area (Å²) in [7, 11) is 0. The van der Waals surface area contributed by atoms with E-state index in [1.54, 1.807) is 12.1 Å². The summed E-state index contributed by atoms with van der Waals surface area (Å²) in [5.41, 5.74) is 1.76. The second kappa shape index (κ2) is 10.7. The molecule has 1 N–H and O–H groups in total. The van der Waals surface area contributed by atoms with Crippen LogP contribution in [0, 0.1) is 0 Å². The zero-order valence-corrected chi connectivity index (χ0v) is 19.1. The fourth-order valence-electron chi connectivity index (χ4n) is 2.65. The molecule has 0 heterocycles. The maximum absolute atomic E-state index is 13.5. The number of aliphatic hydroxyl groups excluding tert-OH is 1. The van der Waals surface area contributed by atoms with E-state index >= 15 is 0 Å². The van der Waals surface area contributed by atoms with E-state index in [9.17, 15) is 13.9 Å². The van der Waals surface area contributed by atoms with Crippen LogP contribution in [0.2, 0.25) is 0 Å². The molecule has 0 aliphatic heterocycles. The van der Waals surface area contributed by atoms with Crippen molar-refractivity contribution in [2.75, 3.05) is 25.7 Å². The smallest absolute Gasteiger partial charge is 0.305 e. The molecule has 1 atom stereocenters. The molecular weight excluding hydrogens is 517 g/mol. The highest BCUT2D eigenvalue weighted by molar-refractivity contribution is 14.1. The second-order valence-electron chi connectivity index (χ2n) is 7.19. The maximum Gasteiger partial charge on any atom is 0.305 e. The lowest BCUT2D eigenvalue weighted by Gasteiger charge is -2.26. The molecule has 0 bridgehead atoms. The van der Waals surface area contributed by atoms with Crippen molar-refractivity contribution >= 4 is 34.6 Å². The third-order valence-electron chi connectivity index (χ3n) is 4.49. The topological polar surface area (TPSA) is 47.9 Å². The zero-order valence-electron chi connectivity index (χ0n) is 16.2. The molecule has 0 saturated carbocycles. The Morgan fingerprint density at radius 2 is 1.41 bits per heavy atom. The fourth-order valence-corrected chi connectivity index (χ4v) is 3.19. The number of aliphatic hydroxyl groups is 1. The molecule has 0 spiro atoms. The Morgan fingerprint density at radius 1 is 0.931 bits per heavy atom. The van der Waals surface area contributed by atoms with Gasteiger partial charge in [0.25, 0.3) is 0 Å². The van der Waals surface area contributed by atoms with Crippen molar-refractivity contribution in [3.63, 3.8) is 0 Å². The first kappa shape index (κ1) is 24.1. The minimum atomic E-state index is -3.04. The molecule has 2 aromatic carbocycles. The number of rotatable bonds is 11. The van der Waals surface area contributed by atoms with Gasteiger partial charge in [0.05, 0.1) is 5.88 Å². The Labute approximate surface area is 188 Å². The van der Waals surface area contributed by atoms with Crippen LogP contribution in [0.3, 0.4) is 0 Å². The van der Waals surface area contributed by atoms with E-state index in [0.29, 0.717) is 11.5 Å². The summed E-state index contributed by atoms with van der Waals surface area (Å²) in [6, 6.07) is 14.7. The van der Waals surface area contributed by atoms with Crippen LogP contribution in [-0.2, 0) is 8.48 Å². The van der Waals surface area contributed by atoms with Gasteiger partial charge in [-0.2, -0.15) is 0 Å². The first-order valence-corrected chi connectivity index (χ1v) is 10.4. The van der Waals surface area contributed by atoms with Crippen molar-refractivity contribution in [2.24, 2.45) is 0 Å². The van der Waals surface area contributed by atoms with Gasteiger partial charge in [0.1, 0.15) is 53.8 Å². The SMILES string of the molecule is CC(C)(c1ccc(OCC(O)CCl)cc1)c1ccc(OCC(F)(F)COI)cc1. The van der Waals surface area contributed by atoms with Crippen molar-refractivity contribution in [3.05, 3.63) is 59.7 Å². The summed E-state index contributed by atoms with van der Waals surface area (Å²) >= 11 is 6.99. The predicted molar refractivity (Wildman–Crippen MR) is 118 cm³/mol. The standard InChI is InChI=1S/C21H24ClF2IO4/c1-20(2,15-3-7-18(8-4-15)27-12-17(26)11-22)16-5-9-19(10-6-16)28-13-21(23,24)14-29-25/h3-10,17,26H,11-14H2,1-2H3. The number of hydrogen-bond donors (Lipinski definition) is 1. The van der Waals surface area contributed by atoms with Gasteiger partial charge >= 0.3 is 5.92 Å². The first-order valence-electron chi connectivity index (χ1n) is 9.00. The van der Waals surface area contributed by atoms with Crippen molar-refractivity contribution < 1.29 is 26.4 Å². The summed E-state index contributed by atoms with van der Waals surface area (Å²) in [5.74, 6) is -1.90. The van der Waals surface area contributed by atoms with Gasteiger partial charge in [0.2, 0.25) is 0 Å². The lowest BCUT2D eigenvalue weighted by atomic mass is 9.78. The van der Waals surface area contributed by atoms with E-state index in [4.69, 9.17) is 21.1 Å². The molecule has 0 saturated heterocycles. The molecule has 0 fully saturated rings. The van der Waals surface area contributed by atoms with Crippen LogP contribution < -0.4 is 9.47 Å². The third kappa shape index (κ3) is 7.24. The van der Waals surface area contributed by atoms with Crippen molar-refractivity contribution in [1.82, 2.24) is 0 Å². The van der Waals surface area contributed by atoms with Crippen molar-refractivity contribution in [1.29, 1.82) is 0 Å². The largest absolute Gasteiger partial charge is 0.491 e. The number of hydrogen-bond acceptors (Lipinski definition) is 4.